The molecule has 18 heavy (non-hydrogen) atoms. The molecule has 0 radical (unpaired) electrons. The maximum absolute atomic E-state index is 5.66. The van der Waals surface area contributed by atoms with Crippen LogP contribution >= 0.6 is 0 Å². The first-order chi connectivity index (χ1) is 8.83. The zero-order valence-electron chi connectivity index (χ0n) is 9.56. The van der Waals surface area contributed by atoms with Crippen molar-refractivity contribution < 1.29 is 0 Å². The predicted molar refractivity (Wildman–Crippen MR) is 69.0 cm³/mol. The van der Waals surface area contributed by atoms with Gasteiger partial charge < -0.3 is 5.73 Å². The third-order valence-electron chi connectivity index (χ3n) is 2.61. The number of hydrogen-bond acceptors (Lipinski definition) is 4. The summed E-state index contributed by atoms with van der Waals surface area (Å²) in [6.45, 7) is 0. The van der Waals surface area contributed by atoms with Crippen molar-refractivity contribution in [2.75, 3.05) is 5.73 Å². The van der Waals surface area contributed by atoms with Gasteiger partial charge in [0.1, 0.15) is 0 Å². The van der Waals surface area contributed by atoms with E-state index in [1.54, 1.807) is 29.5 Å². The molecular weight excluding hydrogens is 226 g/mol. The Hall–Kier alpha value is -2.69. The molecule has 0 spiro atoms. The molecule has 0 aliphatic heterocycles. The van der Waals surface area contributed by atoms with E-state index in [2.05, 4.69) is 15.1 Å². The molecule has 0 unspecified atom stereocenters. The van der Waals surface area contributed by atoms with E-state index in [0.717, 1.165) is 16.8 Å². The maximum Gasteiger partial charge on any atom is 0.171 e. The molecule has 1 aromatic carbocycles. The van der Waals surface area contributed by atoms with Crippen LogP contribution in [0.15, 0.2) is 55.2 Å². The molecule has 0 bridgehead atoms. The molecule has 0 saturated heterocycles. The summed E-state index contributed by atoms with van der Waals surface area (Å²) in [6, 6.07) is 7.67. The molecule has 2 heterocycles. The second-order valence-electron chi connectivity index (χ2n) is 3.86. The molecule has 5 nitrogen and oxygen atoms in total. The van der Waals surface area contributed by atoms with Gasteiger partial charge in [-0.05, 0) is 17.7 Å². The topological polar surface area (TPSA) is 69.6 Å². The van der Waals surface area contributed by atoms with Crippen LogP contribution in [-0.4, -0.2) is 19.7 Å². The number of benzene rings is 1. The highest BCUT2D eigenvalue weighted by Crippen LogP contribution is 2.20. The van der Waals surface area contributed by atoms with Gasteiger partial charge in [-0.15, -0.1) is 0 Å². The van der Waals surface area contributed by atoms with Crippen LogP contribution < -0.4 is 5.73 Å². The summed E-state index contributed by atoms with van der Waals surface area (Å²) < 4.78 is 1.69. The summed E-state index contributed by atoms with van der Waals surface area (Å²) in [6.07, 6.45) is 8.64. The summed E-state index contributed by atoms with van der Waals surface area (Å²) >= 11 is 0. The minimum atomic E-state index is 0.694. The van der Waals surface area contributed by atoms with Crippen molar-refractivity contribution in [3.8, 4) is 16.9 Å². The first kappa shape index (κ1) is 10.5. The van der Waals surface area contributed by atoms with Crippen LogP contribution in [0, 0.1) is 0 Å². The van der Waals surface area contributed by atoms with E-state index in [-0.39, 0.29) is 0 Å². The molecular formula is C13H11N5. The normalized spacial score (nSPS) is 10.4. The summed E-state index contributed by atoms with van der Waals surface area (Å²) in [5.41, 5.74) is 8.50. The van der Waals surface area contributed by atoms with Crippen molar-refractivity contribution in [1.29, 1.82) is 0 Å². The molecule has 0 aliphatic rings. The minimum Gasteiger partial charge on any atom is -0.399 e. The van der Waals surface area contributed by atoms with E-state index in [1.807, 2.05) is 30.5 Å². The second kappa shape index (κ2) is 4.29. The Morgan fingerprint density at radius 1 is 0.944 bits per heavy atom. The van der Waals surface area contributed by atoms with E-state index in [1.165, 1.54) is 0 Å². The lowest BCUT2D eigenvalue weighted by molar-refractivity contribution is 0.838. The molecule has 0 saturated carbocycles. The van der Waals surface area contributed by atoms with Gasteiger partial charge in [0.25, 0.3) is 0 Å². The van der Waals surface area contributed by atoms with E-state index >= 15 is 0 Å². The Morgan fingerprint density at radius 2 is 1.78 bits per heavy atom. The standard InChI is InChI=1S/C13H11N5/c14-12-3-1-10(2-4-12)11-7-17-18(9-11)13-8-15-5-6-16-13/h1-9H,14H2. The lowest BCUT2D eigenvalue weighted by Crippen LogP contribution is -1.97. The highest BCUT2D eigenvalue weighted by molar-refractivity contribution is 5.64. The Labute approximate surface area is 104 Å². The second-order valence-corrected chi connectivity index (χ2v) is 3.86. The first-order valence-electron chi connectivity index (χ1n) is 5.50. The Bertz CT molecular complexity index is 643. The van der Waals surface area contributed by atoms with E-state index in [9.17, 15) is 0 Å². The van der Waals surface area contributed by atoms with Gasteiger partial charge >= 0.3 is 0 Å². The van der Waals surface area contributed by atoms with Gasteiger partial charge in [0.15, 0.2) is 5.82 Å². The van der Waals surface area contributed by atoms with Crippen molar-refractivity contribution in [3.63, 3.8) is 0 Å². The van der Waals surface area contributed by atoms with Crippen LogP contribution in [0.2, 0.25) is 0 Å². The molecule has 3 rings (SSSR count). The molecule has 2 aromatic heterocycles. The Morgan fingerprint density at radius 3 is 2.50 bits per heavy atom. The van der Waals surface area contributed by atoms with Crippen molar-refractivity contribution in [3.05, 3.63) is 55.2 Å². The quantitative estimate of drug-likeness (QED) is 0.691. The molecule has 2 N–H and O–H groups in total. The predicted octanol–water partition coefficient (Wildman–Crippen LogP) is 1.91. The van der Waals surface area contributed by atoms with Gasteiger partial charge in [-0.3, -0.25) is 4.98 Å². The molecule has 0 aliphatic carbocycles. The molecule has 88 valence electrons. The van der Waals surface area contributed by atoms with Gasteiger partial charge in [-0.1, -0.05) is 12.1 Å². The lowest BCUT2D eigenvalue weighted by atomic mass is 10.1. The largest absolute Gasteiger partial charge is 0.399 e. The summed E-state index contributed by atoms with van der Waals surface area (Å²) in [5.74, 6) is 0.694. The van der Waals surface area contributed by atoms with Crippen LogP contribution in [0.5, 0.6) is 0 Å². The summed E-state index contributed by atoms with van der Waals surface area (Å²) in [5, 5.41) is 4.27. The average molecular weight is 237 g/mol. The fraction of sp³-hybridized carbons (Fsp3) is 0. The zero-order chi connectivity index (χ0) is 12.4. The number of nitrogen functional groups attached to an aromatic ring is 1. The van der Waals surface area contributed by atoms with Crippen LogP contribution in [0.3, 0.4) is 0 Å². The summed E-state index contributed by atoms with van der Waals surface area (Å²) in [7, 11) is 0. The summed E-state index contributed by atoms with van der Waals surface area (Å²) in [4.78, 5) is 8.20. The number of rotatable bonds is 2. The number of anilines is 1. The minimum absolute atomic E-state index is 0.694. The molecule has 0 fully saturated rings. The first-order valence-corrected chi connectivity index (χ1v) is 5.50. The van der Waals surface area contributed by atoms with Crippen LogP contribution in [0.25, 0.3) is 16.9 Å². The van der Waals surface area contributed by atoms with Crippen molar-refractivity contribution in [2.24, 2.45) is 0 Å². The Kier molecular flexibility index (Phi) is 2.49. The van der Waals surface area contributed by atoms with Crippen molar-refractivity contribution in [1.82, 2.24) is 19.7 Å². The zero-order valence-corrected chi connectivity index (χ0v) is 9.56. The van der Waals surface area contributed by atoms with Gasteiger partial charge in [-0.25, -0.2) is 9.67 Å². The molecule has 3 aromatic rings. The van der Waals surface area contributed by atoms with E-state index in [0.29, 0.717) is 5.82 Å². The van der Waals surface area contributed by atoms with Gasteiger partial charge in [0.05, 0.1) is 12.4 Å². The van der Waals surface area contributed by atoms with Crippen molar-refractivity contribution >= 4 is 5.69 Å². The van der Waals surface area contributed by atoms with E-state index in [4.69, 9.17) is 5.73 Å². The van der Waals surface area contributed by atoms with E-state index < -0.39 is 0 Å². The number of nitrogens with zero attached hydrogens (tertiary/aromatic N) is 4. The van der Waals surface area contributed by atoms with Crippen molar-refractivity contribution in [2.45, 2.75) is 0 Å². The number of aromatic nitrogens is 4. The lowest BCUT2D eigenvalue weighted by Gasteiger charge is -1.98. The van der Waals surface area contributed by atoms with Gasteiger partial charge in [-0.2, -0.15) is 5.10 Å². The van der Waals surface area contributed by atoms with Crippen LogP contribution in [-0.2, 0) is 0 Å². The average Bonchev–Trinajstić information content (AvgIpc) is 2.90. The van der Waals surface area contributed by atoms with Gasteiger partial charge in [0, 0.05) is 29.8 Å². The third kappa shape index (κ3) is 1.93. The highest BCUT2D eigenvalue weighted by Gasteiger charge is 2.03. The SMILES string of the molecule is Nc1ccc(-c2cnn(-c3cnccn3)c2)cc1. The van der Waals surface area contributed by atoms with Crippen LogP contribution in [0.4, 0.5) is 5.69 Å². The molecule has 0 amide bonds. The monoisotopic (exact) mass is 237 g/mol. The smallest absolute Gasteiger partial charge is 0.171 e. The third-order valence-corrected chi connectivity index (χ3v) is 2.61. The molecule has 5 heteroatoms. The van der Waals surface area contributed by atoms with Gasteiger partial charge in [0.2, 0.25) is 0 Å². The highest BCUT2D eigenvalue weighted by atomic mass is 15.3. The fourth-order valence-electron chi connectivity index (χ4n) is 1.68. The number of hydrogen-bond donors (Lipinski definition) is 1. The Balaban J connectivity index is 1.97. The molecule has 0 atom stereocenters. The fourth-order valence-corrected chi connectivity index (χ4v) is 1.68. The van der Waals surface area contributed by atoms with Crippen LogP contribution in [0.1, 0.15) is 0 Å². The maximum atomic E-state index is 5.66. The number of nitrogens with two attached hydrogens (primary N) is 1.